The van der Waals surface area contributed by atoms with Crippen LogP contribution in [0.25, 0.3) is 109 Å². The third-order valence-corrected chi connectivity index (χ3v) is 11.8. The Morgan fingerprint density at radius 2 is 1.04 bits per heavy atom. The number of furan rings is 1. The highest BCUT2D eigenvalue weighted by Crippen LogP contribution is 2.44. The first kappa shape index (κ1) is 32.2. The van der Waals surface area contributed by atoms with Crippen molar-refractivity contribution in [3.8, 4) is 67.3 Å². The summed E-state index contributed by atoms with van der Waals surface area (Å²) in [6.07, 6.45) is 3.65. The first-order chi connectivity index (χ1) is 27.7. The molecule has 0 amide bonds. The van der Waals surface area contributed by atoms with Crippen LogP contribution in [-0.4, -0.2) is 15.0 Å². The van der Waals surface area contributed by atoms with Gasteiger partial charge in [0.05, 0.1) is 11.4 Å². The monoisotopic (exact) mass is 733 g/mol. The molecule has 4 heterocycles. The van der Waals surface area contributed by atoms with Gasteiger partial charge in [0, 0.05) is 65.6 Å². The van der Waals surface area contributed by atoms with E-state index in [9.17, 15) is 0 Å². The van der Waals surface area contributed by atoms with Gasteiger partial charge >= 0.3 is 0 Å². The predicted octanol–water partition coefficient (Wildman–Crippen LogP) is 14.1. The van der Waals surface area contributed by atoms with Gasteiger partial charge in [-0.15, -0.1) is 11.3 Å². The first-order valence-corrected chi connectivity index (χ1v) is 19.5. The zero-order valence-corrected chi connectivity index (χ0v) is 30.9. The summed E-state index contributed by atoms with van der Waals surface area (Å²) in [7, 11) is 0. The van der Waals surface area contributed by atoms with Crippen molar-refractivity contribution in [1.29, 1.82) is 0 Å². The number of hydrogen-bond acceptors (Lipinski definition) is 5. The molecule has 0 radical (unpaired) electrons. The van der Waals surface area contributed by atoms with E-state index in [-0.39, 0.29) is 0 Å². The summed E-state index contributed by atoms with van der Waals surface area (Å²) in [5.74, 6) is 0.669. The van der Waals surface area contributed by atoms with Crippen molar-refractivity contribution >= 4 is 53.4 Å². The maximum absolute atomic E-state index is 6.71. The molecule has 0 saturated heterocycles. The third kappa shape index (κ3) is 5.48. The first-order valence-electron chi connectivity index (χ1n) is 18.7. The van der Waals surface area contributed by atoms with Crippen LogP contribution >= 0.6 is 11.3 Å². The highest BCUT2D eigenvalue weighted by Gasteiger charge is 2.19. The fourth-order valence-corrected chi connectivity index (χ4v) is 9.04. The van der Waals surface area contributed by atoms with Gasteiger partial charge in [0.15, 0.2) is 5.82 Å². The quantitative estimate of drug-likeness (QED) is 0.171. The second-order valence-corrected chi connectivity index (χ2v) is 15.0. The molecule has 0 unspecified atom stereocenters. The number of nitrogens with zero attached hydrogens (tertiary/aromatic N) is 3. The number of hydrogen-bond donors (Lipinski definition) is 0. The van der Waals surface area contributed by atoms with E-state index in [1.54, 1.807) is 0 Å². The average molecular weight is 734 g/mol. The fraction of sp³-hybridized carbons (Fsp3) is 0. The molecule has 0 atom stereocenters. The van der Waals surface area contributed by atoms with Crippen LogP contribution in [0.2, 0.25) is 0 Å². The molecule has 11 aromatic rings. The van der Waals surface area contributed by atoms with Crippen molar-refractivity contribution in [2.45, 2.75) is 0 Å². The Bertz CT molecular complexity index is 3240. The Hall–Kier alpha value is -7.21. The Kier molecular flexibility index (Phi) is 7.64. The Morgan fingerprint density at radius 3 is 1.89 bits per heavy atom. The molecule has 0 saturated carbocycles. The molecule has 4 nitrogen and oxygen atoms in total. The van der Waals surface area contributed by atoms with Gasteiger partial charge in [-0.25, -0.2) is 9.97 Å². The van der Waals surface area contributed by atoms with Crippen LogP contribution in [0.15, 0.2) is 193 Å². The van der Waals surface area contributed by atoms with Crippen molar-refractivity contribution in [2.75, 3.05) is 0 Å². The van der Waals surface area contributed by atoms with Crippen LogP contribution in [-0.2, 0) is 0 Å². The number of pyridine rings is 1. The lowest BCUT2D eigenvalue weighted by Gasteiger charge is -2.13. The highest BCUT2D eigenvalue weighted by molar-refractivity contribution is 7.25. The lowest BCUT2D eigenvalue weighted by atomic mass is 9.93. The number of thiophene rings is 1. The van der Waals surface area contributed by atoms with Crippen LogP contribution in [0.3, 0.4) is 0 Å². The Balaban J connectivity index is 1.04. The van der Waals surface area contributed by atoms with Gasteiger partial charge in [-0.05, 0) is 76.3 Å². The number of fused-ring (bicyclic) bond motifs is 6. The van der Waals surface area contributed by atoms with E-state index in [0.29, 0.717) is 5.82 Å². The minimum atomic E-state index is 0.669. The normalized spacial score (nSPS) is 11.6. The number of benzene rings is 7. The van der Waals surface area contributed by atoms with Gasteiger partial charge in [-0.1, -0.05) is 127 Å². The second kappa shape index (κ2) is 13.3. The predicted molar refractivity (Wildman–Crippen MR) is 233 cm³/mol. The molecule has 0 bridgehead atoms. The van der Waals surface area contributed by atoms with E-state index in [0.717, 1.165) is 83.4 Å². The second-order valence-electron chi connectivity index (χ2n) is 14.0. The smallest absolute Gasteiger partial charge is 0.160 e. The molecule has 4 aromatic heterocycles. The van der Waals surface area contributed by atoms with Crippen molar-refractivity contribution in [1.82, 2.24) is 15.0 Å². The van der Waals surface area contributed by atoms with Crippen molar-refractivity contribution in [2.24, 2.45) is 0 Å². The molecule has 5 heteroatoms. The van der Waals surface area contributed by atoms with Gasteiger partial charge in [-0.2, -0.15) is 0 Å². The van der Waals surface area contributed by atoms with Crippen molar-refractivity contribution < 1.29 is 4.42 Å². The van der Waals surface area contributed by atoms with Gasteiger partial charge in [-0.3, -0.25) is 4.98 Å². The number of rotatable bonds is 6. The van der Waals surface area contributed by atoms with Crippen LogP contribution < -0.4 is 0 Å². The van der Waals surface area contributed by atoms with Crippen LogP contribution in [0.1, 0.15) is 0 Å². The maximum atomic E-state index is 6.71. The molecule has 0 N–H and O–H groups in total. The topological polar surface area (TPSA) is 51.8 Å². The molecule has 0 spiro atoms. The van der Waals surface area contributed by atoms with Crippen LogP contribution in [0.4, 0.5) is 0 Å². The van der Waals surface area contributed by atoms with Crippen LogP contribution in [0, 0.1) is 0 Å². The van der Waals surface area contributed by atoms with E-state index in [1.807, 2.05) is 60.1 Å². The van der Waals surface area contributed by atoms with E-state index >= 15 is 0 Å². The van der Waals surface area contributed by atoms with Crippen LogP contribution in [0.5, 0.6) is 0 Å². The molecular weight excluding hydrogens is 703 g/mol. The van der Waals surface area contributed by atoms with Gasteiger partial charge in [0.1, 0.15) is 11.2 Å². The summed E-state index contributed by atoms with van der Waals surface area (Å²) < 4.78 is 9.29. The highest BCUT2D eigenvalue weighted by atomic mass is 32.1. The minimum Gasteiger partial charge on any atom is -0.455 e. The standard InChI is InChI=1S/C51H31N3OS/c1-2-10-34(11-3-1)44-31-45(40-13-5-4-12-37(40)33-26-28-52-29-27-33)54-51(53-44)35-20-18-32(19-21-35)38-23-24-39(50-49(38)42-15-6-8-16-46(42)55-50)36-22-25-48-43(30-36)41-14-7-9-17-47(41)56-48/h1-31H. The van der Waals surface area contributed by atoms with Crippen molar-refractivity contribution in [3.63, 3.8) is 0 Å². The Morgan fingerprint density at radius 1 is 0.393 bits per heavy atom. The third-order valence-electron chi connectivity index (χ3n) is 10.7. The van der Waals surface area contributed by atoms with E-state index in [2.05, 4.69) is 145 Å². The summed E-state index contributed by atoms with van der Waals surface area (Å²) in [6, 6.07) is 61.7. The lowest BCUT2D eigenvalue weighted by Crippen LogP contribution is -1.97. The summed E-state index contributed by atoms with van der Waals surface area (Å²) in [6.45, 7) is 0. The van der Waals surface area contributed by atoms with Gasteiger partial charge < -0.3 is 4.42 Å². The van der Waals surface area contributed by atoms with Crippen molar-refractivity contribution in [3.05, 3.63) is 188 Å². The van der Waals surface area contributed by atoms with E-state index in [1.165, 1.54) is 20.2 Å². The SMILES string of the molecule is c1ccc(-c2cc(-c3ccccc3-c3ccncc3)nc(-c3ccc(-c4ccc(-c5ccc6sc7ccccc7c6c5)c5oc6ccccc6c45)cc3)n2)cc1. The molecule has 0 aliphatic heterocycles. The van der Waals surface area contributed by atoms with E-state index in [4.69, 9.17) is 14.4 Å². The largest absolute Gasteiger partial charge is 0.455 e. The van der Waals surface area contributed by atoms with Gasteiger partial charge in [0.2, 0.25) is 0 Å². The average Bonchev–Trinajstić information content (AvgIpc) is 3.85. The minimum absolute atomic E-state index is 0.669. The summed E-state index contributed by atoms with van der Waals surface area (Å²) in [4.78, 5) is 14.6. The lowest BCUT2D eigenvalue weighted by molar-refractivity contribution is 0.670. The maximum Gasteiger partial charge on any atom is 0.160 e. The molecule has 0 aliphatic carbocycles. The summed E-state index contributed by atoms with van der Waals surface area (Å²) in [5.41, 5.74) is 13.1. The molecule has 56 heavy (non-hydrogen) atoms. The molecule has 11 rings (SSSR count). The molecule has 0 aliphatic rings. The summed E-state index contributed by atoms with van der Waals surface area (Å²) in [5, 5.41) is 4.77. The zero-order chi connectivity index (χ0) is 37.0. The fourth-order valence-electron chi connectivity index (χ4n) is 7.95. The zero-order valence-electron chi connectivity index (χ0n) is 30.1. The number of aromatic nitrogens is 3. The summed E-state index contributed by atoms with van der Waals surface area (Å²) >= 11 is 1.84. The molecule has 262 valence electrons. The number of para-hydroxylation sites is 1. The molecular formula is C51H31N3OS. The van der Waals surface area contributed by atoms with Gasteiger partial charge in [0.25, 0.3) is 0 Å². The van der Waals surface area contributed by atoms with E-state index < -0.39 is 0 Å². The Labute approximate surface area is 327 Å². The molecule has 7 aromatic carbocycles. The molecule has 0 fully saturated rings.